The summed E-state index contributed by atoms with van der Waals surface area (Å²) >= 11 is 0. The maximum absolute atomic E-state index is 12.1. The third-order valence-electron chi connectivity index (χ3n) is 4.05. The average molecular weight is 239 g/mol. The van der Waals surface area contributed by atoms with Gasteiger partial charge in [0.1, 0.15) is 0 Å². The molecule has 2 rings (SSSR count). The molecule has 2 N–H and O–H groups in total. The van der Waals surface area contributed by atoms with Gasteiger partial charge in [0, 0.05) is 32.2 Å². The largest absolute Gasteiger partial charge is 0.337 e. The van der Waals surface area contributed by atoms with Gasteiger partial charge in [-0.1, -0.05) is 25.7 Å². The SMILES string of the molecule is NCCN1CCN(C2CCCCCC2)C(=O)C1. The molecule has 1 aliphatic heterocycles. The van der Waals surface area contributed by atoms with Crippen molar-refractivity contribution in [1.29, 1.82) is 0 Å². The van der Waals surface area contributed by atoms with Crippen molar-refractivity contribution in [3.8, 4) is 0 Å². The average Bonchev–Trinajstić information content (AvgIpc) is 2.58. The van der Waals surface area contributed by atoms with Crippen molar-refractivity contribution < 1.29 is 4.79 Å². The Bertz CT molecular complexity index is 249. The summed E-state index contributed by atoms with van der Waals surface area (Å²) in [5.41, 5.74) is 5.54. The molecule has 0 radical (unpaired) electrons. The van der Waals surface area contributed by atoms with Crippen LogP contribution in [0, 0.1) is 0 Å². The Morgan fingerprint density at radius 1 is 1.12 bits per heavy atom. The van der Waals surface area contributed by atoms with Gasteiger partial charge in [0.05, 0.1) is 6.54 Å². The summed E-state index contributed by atoms with van der Waals surface area (Å²) < 4.78 is 0. The van der Waals surface area contributed by atoms with E-state index in [1.807, 2.05) is 0 Å². The molecule has 17 heavy (non-hydrogen) atoms. The van der Waals surface area contributed by atoms with Crippen molar-refractivity contribution in [2.45, 2.75) is 44.6 Å². The minimum absolute atomic E-state index is 0.316. The van der Waals surface area contributed by atoms with Crippen LogP contribution in [0.5, 0.6) is 0 Å². The predicted molar refractivity (Wildman–Crippen MR) is 68.7 cm³/mol. The topological polar surface area (TPSA) is 49.6 Å². The van der Waals surface area contributed by atoms with Gasteiger partial charge >= 0.3 is 0 Å². The summed E-state index contributed by atoms with van der Waals surface area (Å²) in [6.07, 6.45) is 7.70. The Labute approximate surface area is 104 Å². The second kappa shape index (κ2) is 6.36. The molecule has 98 valence electrons. The lowest BCUT2D eigenvalue weighted by molar-refractivity contribution is -0.138. The fourth-order valence-corrected chi connectivity index (χ4v) is 3.06. The van der Waals surface area contributed by atoms with E-state index < -0.39 is 0 Å². The van der Waals surface area contributed by atoms with E-state index in [2.05, 4.69) is 9.80 Å². The maximum atomic E-state index is 12.1. The van der Waals surface area contributed by atoms with E-state index in [1.165, 1.54) is 38.5 Å². The van der Waals surface area contributed by atoms with Gasteiger partial charge in [0.15, 0.2) is 0 Å². The highest BCUT2D eigenvalue weighted by Gasteiger charge is 2.29. The molecule has 0 atom stereocenters. The zero-order chi connectivity index (χ0) is 12.1. The van der Waals surface area contributed by atoms with Crippen LogP contribution >= 0.6 is 0 Å². The van der Waals surface area contributed by atoms with E-state index in [-0.39, 0.29) is 0 Å². The van der Waals surface area contributed by atoms with Crippen molar-refractivity contribution in [3.05, 3.63) is 0 Å². The van der Waals surface area contributed by atoms with Crippen LogP contribution in [0.1, 0.15) is 38.5 Å². The molecular formula is C13H25N3O. The second-order valence-electron chi connectivity index (χ2n) is 5.30. The molecule has 0 aromatic carbocycles. The Kier molecular flexibility index (Phi) is 4.80. The first-order valence-corrected chi connectivity index (χ1v) is 7.03. The number of piperazine rings is 1. The van der Waals surface area contributed by atoms with E-state index >= 15 is 0 Å². The molecule has 1 saturated carbocycles. The molecule has 1 amide bonds. The highest BCUT2D eigenvalue weighted by atomic mass is 16.2. The van der Waals surface area contributed by atoms with Crippen LogP contribution in [-0.2, 0) is 4.79 Å². The van der Waals surface area contributed by atoms with Gasteiger partial charge in [-0.2, -0.15) is 0 Å². The predicted octanol–water partition coefficient (Wildman–Crippen LogP) is 0.812. The summed E-state index contributed by atoms with van der Waals surface area (Å²) in [5.74, 6) is 0.316. The molecule has 1 aliphatic carbocycles. The number of nitrogens with two attached hydrogens (primary N) is 1. The molecule has 4 heteroatoms. The van der Waals surface area contributed by atoms with E-state index in [0.717, 1.165) is 19.6 Å². The van der Waals surface area contributed by atoms with E-state index in [9.17, 15) is 4.79 Å². The lowest BCUT2D eigenvalue weighted by atomic mass is 10.1. The van der Waals surface area contributed by atoms with Gasteiger partial charge in [-0.05, 0) is 12.8 Å². The molecule has 0 spiro atoms. The number of hydrogen-bond acceptors (Lipinski definition) is 3. The normalized spacial score (nSPS) is 25.0. The molecule has 2 fully saturated rings. The van der Waals surface area contributed by atoms with Gasteiger partial charge in [0.25, 0.3) is 0 Å². The first kappa shape index (κ1) is 12.8. The molecule has 0 bridgehead atoms. The summed E-state index contributed by atoms with van der Waals surface area (Å²) in [5, 5.41) is 0. The quantitative estimate of drug-likeness (QED) is 0.742. The number of carbonyl (C=O) groups is 1. The van der Waals surface area contributed by atoms with Gasteiger partial charge < -0.3 is 10.6 Å². The van der Waals surface area contributed by atoms with Crippen molar-refractivity contribution in [2.75, 3.05) is 32.7 Å². The van der Waals surface area contributed by atoms with Gasteiger partial charge in [-0.15, -0.1) is 0 Å². The Balaban J connectivity index is 1.87. The molecule has 0 unspecified atom stereocenters. The van der Waals surface area contributed by atoms with Gasteiger partial charge in [-0.25, -0.2) is 0 Å². The molecule has 1 heterocycles. The van der Waals surface area contributed by atoms with Crippen LogP contribution in [-0.4, -0.2) is 54.5 Å². The molecule has 0 aromatic heterocycles. The first-order valence-electron chi connectivity index (χ1n) is 7.03. The van der Waals surface area contributed by atoms with Crippen LogP contribution in [0.25, 0.3) is 0 Å². The van der Waals surface area contributed by atoms with Crippen LogP contribution in [0.2, 0.25) is 0 Å². The standard InChI is InChI=1S/C13H25N3O/c14-7-8-15-9-10-16(13(17)11-15)12-5-3-1-2-4-6-12/h12H,1-11,14H2. The van der Waals surface area contributed by atoms with E-state index in [0.29, 0.717) is 25.0 Å². The van der Waals surface area contributed by atoms with Crippen molar-refractivity contribution in [1.82, 2.24) is 9.80 Å². The van der Waals surface area contributed by atoms with Gasteiger partial charge in [-0.3, -0.25) is 9.69 Å². The smallest absolute Gasteiger partial charge is 0.237 e. The molecule has 0 aromatic rings. The van der Waals surface area contributed by atoms with Crippen LogP contribution in [0.4, 0.5) is 0 Å². The summed E-state index contributed by atoms with van der Waals surface area (Å²) in [4.78, 5) is 16.4. The highest BCUT2D eigenvalue weighted by Crippen LogP contribution is 2.23. The summed E-state index contributed by atoms with van der Waals surface area (Å²) in [6.45, 7) is 3.98. The maximum Gasteiger partial charge on any atom is 0.237 e. The number of amides is 1. The van der Waals surface area contributed by atoms with E-state index in [1.54, 1.807) is 0 Å². The summed E-state index contributed by atoms with van der Waals surface area (Å²) in [7, 11) is 0. The number of rotatable bonds is 3. The fraction of sp³-hybridized carbons (Fsp3) is 0.923. The second-order valence-corrected chi connectivity index (χ2v) is 5.30. The van der Waals surface area contributed by atoms with Gasteiger partial charge in [0.2, 0.25) is 5.91 Å². The summed E-state index contributed by atoms with van der Waals surface area (Å²) in [6, 6.07) is 0.519. The van der Waals surface area contributed by atoms with Crippen molar-refractivity contribution in [3.63, 3.8) is 0 Å². The Hall–Kier alpha value is -0.610. The van der Waals surface area contributed by atoms with Crippen LogP contribution < -0.4 is 5.73 Å². The third kappa shape index (κ3) is 3.42. The Morgan fingerprint density at radius 2 is 1.82 bits per heavy atom. The third-order valence-corrected chi connectivity index (χ3v) is 4.05. The number of hydrogen-bond donors (Lipinski definition) is 1. The number of nitrogens with zero attached hydrogens (tertiary/aromatic N) is 2. The van der Waals surface area contributed by atoms with Crippen molar-refractivity contribution in [2.24, 2.45) is 5.73 Å². The zero-order valence-corrected chi connectivity index (χ0v) is 10.7. The molecular weight excluding hydrogens is 214 g/mol. The molecule has 1 saturated heterocycles. The van der Waals surface area contributed by atoms with Crippen LogP contribution in [0.3, 0.4) is 0 Å². The molecule has 4 nitrogen and oxygen atoms in total. The minimum atomic E-state index is 0.316. The zero-order valence-electron chi connectivity index (χ0n) is 10.7. The van der Waals surface area contributed by atoms with E-state index in [4.69, 9.17) is 5.73 Å². The Morgan fingerprint density at radius 3 is 2.41 bits per heavy atom. The monoisotopic (exact) mass is 239 g/mol. The lowest BCUT2D eigenvalue weighted by Crippen LogP contribution is -2.54. The minimum Gasteiger partial charge on any atom is -0.337 e. The first-order chi connectivity index (χ1) is 8.31. The van der Waals surface area contributed by atoms with Crippen LogP contribution in [0.15, 0.2) is 0 Å². The fourth-order valence-electron chi connectivity index (χ4n) is 3.06. The molecule has 2 aliphatic rings. The highest BCUT2D eigenvalue weighted by molar-refractivity contribution is 5.79. The number of carbonyl (C=O) groups excluding carboxylic acids is 1. The lowest BCUT2D eigenvalue weighted by Gasteiger charge is -2.38. The van der Waals surface area contributed by atoms with Crippen molar-refractivity contribution >= 4 is 5.91 Å².